The average Bonchev–Trinajstić information content (AvgIpc) is 2.56. The molecule has 0 saturated carbocycles. The molecule has 1 atom stereocenters. The summed E-state index contributed by atoms with van der Waals surface area (Å²) in [5.74, 6) is 0. The Kier molecular flexibility index (Phi) is 5.21. The van der Waals surface area contributed by atoms with Crippen molar-refractivity contribution in [3.63, 3.8) is 0 Å². The van der Waals surface area contributed by atoms with Crippen molar-refractivity contribution >= 4 is 6.03 Å². The predicted molar refractivity (Wildman–Crippen MR) is 67.9 cm³/mol. The van der Waals surface area contributed by atoms with Crippen molar-refractivity contribution in [3.8, 4) is 0 Å². The minimum atomic E-state index is -0.317. The zero-order valence-electron chi connectivity index (χ0n) is 11.1. The van der Waals surface area contributed by atoms with Crippen molar-refractivity contribution in [1.29, 1.82) is 0 Å². The quantitative estimate of drug-likeness (QED) is 0.592. The molecule has 0 aromatic heterocycles. The average molecular weight is 243 g/mol. The molecule has 3 N–H and O–H groups in total. The van der Waals surface area contributed by atoms with Crippen LogP contribution in [0.3, 0.4) is 0 Å². The molecule has 1 aliphatic heterocycles. The minimum Gasteiger partial charge on any atom is -0.392 e. The summed E-state index contributed by atoms with van der Waals surface area (Å²) >= 11 is 0. The molecule has 0 radical (unpaired) electrons. The molecule has 0 spiro atoms. The van der Waals surface area contributed by atoms with E-state index in [1.807, 2.05) is 0 Å². The molecule has 5 heteroatoms. The zero-order chi connectivity index (χ0) is 12.9. The van der Waals surface area contributed by atoms with Crippen LogP contribution in [0.4, 0.5) is 4.79 Å². The molecule has 100 valence electrons. The van der Waals surface area contributed by atoms with Gasteiger partial charge in [-0.1, -0.05) is 20.8 Å². The summed E-state index contributed by atoms with van der Waals surface area (Å²) in [6.07, 6.45) is 0.465. The van der Waals surface area contributed by atoms with Crippen LogP contribution in [0.5, 0.6) is 0 Å². The highest BCUT2D eigenvalue weighted by Crippen LogP contribution is 2.20. The van der Waals surface area contributed by atoms with E-state index in [1.165, 1.54) is 0 Å². The van der Waals surface area contributed by atoms with Crippen LogP contribution in [0.25, 0.3) is 0 Å². The number of carbonyl (C=O) groups is 1. The Bertz CT molecular complexity index is 251. The highest BCUT2D eigenvalue weighted by molar-refractivity contribution is 5.76. The molecule has 1 saturated heterocycles. The van der Waals surface area contributed by atoms with Gasteiger partial charge in [0.1, 0.15) is 0 Å². The fourth-order valence-corrected chi connectivity index (χ4v) is 1.99. The molecule has 0 aliphatic carbocycles. The van der Waals surface area contributed by atoms with E-state index in [2.05, 4.69) is 31.4 Å². The van der Waals surface area contributed by atoms with E-state index in [0.29, 0.717) is 13.1 Å². The third kappa shape index (κ3) is 5.89. The van der Waals surface area contributed by atoms with Gasteiger partial charge in [0.25, 0.3) is 0 Å². The monoisotopic (exact) mass is 243 g/mol. The summed E-state index contributed by atoms with van der Waals surface area (Å²) in [7, 11) is 0. The van der Waals surface area contributed by atoms with Gasteiger partial charge < -0.3 is 20.6 Å². The van der Waals surface area contributed by atoms with Crippen molar-refractivity contribution in [3.05, 3.63) is 0 Å². The van der Waals surface area contributed by atoms with E-state index >= 15 is 0 Å². The number of aliphatic hydroxyl groups is 1. The fraction of sp³-hybridized carbons (Fsp3) is 0.917. The Balaban J connectivity index is 2.05. The largest absolute Gasteiger partial charge is 0.392 e. The lowest BCUT2D eigenvalue weighted by Gasteiger charge is -2.23. The van der Waals surface area contributed by atoms with E-state index < -0.39 is 0 Å². The molecule has 1 unspecified atom stereocenters. The van der Waals surface area contributed by atoms with Crippen molar-refractivity contribution in [2.75, 3.05) is 32.7 Å². The van der Waals surface area contributed by atoms with Crippen LogP contribution in [0, 0.1) is 5.41 Å². The standard InChI is InChI=1S/C12H25N3O2/c1-12(2,3)8-10(16)9-13-4-6-15-7-5-14-11(15)17/h10,13,16H,4-9H2,1-3H3,(H,14,17). The smallest absolute Gasteiger partial charge is 0.317 e. The number of rotatable bonds is 6. The predicted octanol–water partition coefficient (Wildman–Crippen LogP) is 0.398. The van der Waals surface area contributed by atoms with Gasteiger partial charge in [-0.3, -0.25) is 0 Å². The normalized spacial score (nSPS) is 18.4. The first-order valence-corrected chi connectivity index (χ1v) is 6.30. The summed E-state index contributed by atoms with van der Waals surface area (Å²) in [4.78, 5) is 13.0. The van der Waals surface area contributed by atoms with E-state index in [-0.39, 0.29) is 17.6 Å². The molecule has 0 bridgehead atoms. The van der Waals surface area contributed by atoms with Crippen molar-refractivity contribution in [1.82, 2.24) is 15.5 Å². The maximum absolute atomic E-state index is 11.2. The Labute approximate surface area is 104 Å². The molecular weight excluding hydrogens is 218 g/mol. The number of amides is 2. The Morgan fingerprint density at radius 1 is 1.53 bits per heavy atom. The van der Waals surface area contributed by atoms with Gasteiger partial charge in [-0.2, -0.15) is 0 Å². The topological polar surface area (TPSA) is 64.6 Å². The summed E-state index contributed by atoms with van der Waals surface area (Å²) in [6.45, 7) is 9.90. The Hall–Kier alpha value is -0.810. The second-order valence-electron chi connectivity index (χ2n) is 5.84. The zero-order valence-corrected chi connectivity index (χ0v) is 11.1. The van der Waals surface area contributed by atoms with E-state index in [4.69, 9.17) is 0 Å². The van der Waals surface area contributed by atoms with Gasteiger partial charge in [-0.25, -0.2) is 4.79 Å². The maximum atomic E-state index is 11.2. The molecule has 1 fully saturated rings. The van der Waals surface area contributed by atoms with Crippen LogP contribution in [0.1, 0.15) is 27.2 Å². The Morgan fingerprint density at radius 3 is 2.76 bits per heavy atom. The molecule has 5 nitrogen and oxygen atoms in total. The first-order valence-electron chi connectivity index (χ1n) is 6.30. The number of nitrogens with one attached hydrogen (secondary N) is 2. The van der Waals surface area contributed by atoms with Gasteiger partial charge in [0, 0.05) is 32.7 Å². The lowest BCUT2D eigenvalue weighted by atomic mass is 9.89. The number of hydrogen-bond acceptors (Lipinski definition) is 3. The molecule has 0 aromatic carbocycles. The van der Waals surface area contributed by atoms with Gasteiger partial charge in [0.05, 0.1) is 6.10 Å². The first kappa shape index (κ1) is 14.3. The second-order valence-corrected chi connectivity index (χ2v) is 5.84. The molecule has 1 heterocycles. The summed E-state index contributed by atoms with van der Waals surface area (Å²) in [5, 5.41) is 15.7. The SMILES string of the molecule is CC(C)(C)CC(O)CNCCN1CCNC1=O. The van der Waals surface area contributed by atoms with Gasteiger partial charge in [0.2, 0.25) is 0 Å². The summed E-state index contributed by atoms with van der Waals surface area (Å²) in [6, 6.07) is 0.0158. The number of hydrogen-bond donors (Lipinski definition) is 3. The van der Waals surface area contributed by atoms with Crippen LogP contribution < -0.4 is 10.6 Å². The summed E-state index contributed by atoms with van der Waals surface area (Å²) < 4.78 is 0. The van der Waals surface area contributed by atoms with Crippen LogP contribution in [-0.4, -0.2) is 54.9 Å². The van der Waals surface area contributed by atoms with Gasteiger partial charge >= 0.3 is 6.03 Å². The fourth-order valence-electron chi connectivity index (χ4n) is 1.99. The van der Waals surface area contributed by atoms with Gasteiger partial charge in [-0.05, 0) is 11.8 Å². The lowest BCUT2D eigenvalue weighted by molar-refractivity contribution is 0.119. The molecule has 1 rings (SSSR count). The van der Waals surface area contributed by atoms with Crippen LogP contribution in [-0.2, 0) is 0 Å². The number of nitrogens with zero attached hydrogens (tertiary/aromatic N) is 1. The third-order valence-electron chi connectivity index (χ3n) is 2.73. The van der Waals surface area contributed by atoms with Crippen molar-refractivity contribution in [2.45, 2.75) is 33.3 Å². The van der Waals surface area contributed by atoms with E-state index in [9.17, 15) is 9.90 Å². The van der Waals surface area contributed by atoms with Crippen LogP contribution >= 0.6 is 0 Å². The third-order valence-corrected chi connectivity index (χ3v) is 2.73. The lowest BCUT2D eigenvalue weighted by Crippen LogP contribution is -2.37. The first-order chi connectivity index (χ1) is 7.88. The number of aliphatic hydroxyl groups excluding tert-OH is 1. The number of carbonyl (C=O) groups excluding carboxylic acids is 1. The molecular formula is C12H25N3O2. The molecule has 2 amide bonds. The maximum Gasteiger partial charge on any atom is 0.317 e. The molecule has 17 heavy (non-hydrogen) atoms. The minimum absolute atomic E-state index is 0.0158. The van der Waals surface area contributed by atoms with Crippen LogP contribution in [0.15, 0.2) is 0 Å². The van der Waals surface area contributed by atoms with Crippen molar-refractivity contribution < 1.29 is 9.90 Å². The molecule has 1 aliphatic rings. The number of urea groups is 1. The summed E-state index contributed by atoms with van der Waals surface area (Å²) in [5.41, 5.74) is 0.149. The van der Waals surface area contributed by atoms with Crippen molar-refractivity contribution in [2.24, 2.45) is 5.41 Å². The van der Waals surface area contributed by atoms with Gasteiger partial charge in [-0.15, -0.1) is 0 Å². The highest BCUT2D eigenvalue weighted by atomic mass is 16.3. The molecule has 0 aromatic rings. The Morgan fingerprint density at radius 2 is 2.24 bits per heavy atom. The van der Waals surface area contributed by atoms with E-state index in [1.54, 1.807) is 4.90 Å². The highest BCUT2D eigenvalue weighted by Gasteiger charge is 2.19. The second kappa shape index (κ2) is 6.21. The van der Waals surface area contributed by atoms with Crippen LogP contribution in [0.2, 0.25) is 0 Å². The van der Waals surface area contributed by atoms with Gasteiger partial charge in [0.15, 0.2) is 0 Å². The van der Waals surface area contributed by atoms with E-state index in [0.717, 1.165) is 26.1 Å².